The number of carbonyl (C=O) groups is 2. The van der Waals surface area contributed by atoms with Crippen molar-refractivity contribution in [2.45, 2.75) is 19.0 Å². The first-order valence-electron chi connectivity index (χ1n) is 10.8. The number of Topliss-reactive ketones (excluding diaryl/α,β-unsaturated/α-hetero) is 1. The Morgan fingerprint density at radius 3 is 2.50 bits per heavy atom. The lowest BCUT2D eigenvalue weighted by Crippen LogP contribution is -2.31. The van der Waals surface area contributed by atoms with Gasteiger partial charge in [0.25, 0.3) is 11.7 Å². The summed E-state index contributed by atoms with van der Waals surface area (Å²) < 4.78 is 20.8. The number of aryl methyl sites for hydroxylation is 1. The van der Waals surface area contributed by atoms with Crippen molar-refractivity contribution in [2.75, 3.05) is 13.2 Å². The Morgan fingerprint density at radius 1 is 1.12 bits per heavy atom. The number of imidazole rings is 1. The van der Waals surface area contributed by atoms with E-state index < -0.39 is 23.5 Å². The van der Waals surface area contributed by atoms with E-state index in [9.17, 15) is 19.1 Å². The minimum Gasteiger partial charge on any atom is -0.507 e. The van der Waals surface area contributed by atoms with Crippen LogP contribution in [0.4, 0.5) is 4.39 Å². The van der Waals surface area contributed by atoms with Crippen LogP contribution in [0.25, 0.3) is 5.76 Å². The quantitative estimate of drug-likeness (QED) is 0.225. The molecule has 8 heteroatoms. The fraction of sp³-hybridized carbons (Fsp3) is 0.192. The van der Waals surface area contributed by atoms with Gasteiger partial charge in [0.2, 0.25) is 0 Å². The van der Waals surface area contributed by atoms with Gasteiger partial charge in [-0.25, -0.2) is 9.37 Å². The second-order valence-electron chi connectivity index (χ2n) is 7.82. The third kappa shape index (κ3) is 4.76. The van der Waals surface area contributed by atoms with Crippen molar-refractivity contribution < 1.29 is 23.8 Å². The molecule has 1 amide bonds. The maximum atomic E-state index is 13.4. The number of likely N-dealkylation sites (tertiary alicyclic amines) is 1. The lowest BCUT2D eigenvalue weighted by Gasteiger charge is -2.25. The molecule has 3 aromatic rings. The van der Waals surface area contributed by atoms with Crippen LogP contribution < -0.4 is 4.74 Å². The summed E-state index contributed by atoms with van der Waals surface area (Å²) in [6.07, 6.45) is 7.39. The molecule has 174 valence electrons. The topological polar surface area (TPSA) is 84.7 Å². The van der Waals surface area contributed by atoms with Gasteiger partial charge >= 0.3 is 0 Å². The lowest BCUT2D eigenvalue weighted by molar-refractivity contribution is -0.139. The summed E-state index contributed by atoms with van der Waals surface area (Å²) in [6.45, 7) is 4.87. The number of aliphatic hydroxyl groups is 1. The largest absolute Gasteiger partial charge is 0.507 e. The zero-order valence-electron chi connectivity index (χ0n) is 18.4. The number of ketones is 1. The van der Waals surface area contributed by atoms with Gasteiger partial charge in [-0.1, -0.05) is 24.8 Å². The average Bonchev–Trinajstić information content (AvgIpc) is 3.45. The van der Waals surface area contributed by atoms with E-state index in [2.05, 4.69) is 11.6 Å². The number of rotatable bonds is 9. The number of benzene rings is 2. The zero-order valence-corrected chi connectivity index (χ0v) is 18.4. The van der Waals surface area contributed by atoms with Gasteiger partial charge < -0.3 is 19.3 Å². The molecule has 34 heavy (non-hydrogen) atoms. The maximum Gasteiger partial charge on any atom is 0.295 e. The van der Waals surface area contributed by atoms with Crippen LogP contribution >= 0.6 is 0 Å². The SMILES string of the molecule is C=CCOc1ccc([C@@H]2/C(=C(\O)c3ccc(F)cc3)C(=O)C(=O)N2CCCn2ccnc2)cc1. The molecule has 1 aliphatic heterocycles. The molecule has 1 saturated heterocycles. The number of halogens is 1. The number of hydrogen-bond acceptors (Lipinski definition) is 5. The van der Waals surface area contributed by atoms with Crippen molar-refractivity contribution in [3.05, 3.63) is 102 Å². The van der Waals surface area contributed by atoms with Crippen molar-refractivity contribution in [1.82, 2.24) is 14.5 Å². The van der Waals surface area contributed by atoms with Gasteiger partial charge in [-0.15, -0.1) is 0 Å². The van der Waals surface area contributed by atoms with E-state index in [4.69, 9.17) is 4.74 Å². The number of aliphatic hydroxyl groups excluding tert-OH is 1. The van der Waals surface area contributed by atoms with E-state index in [1.807, 2.05) is 10.8 Å². The summed E-state index contributed by atoms with van der Waals surface area (Å²) in [5.74, 6) is -1.66. The second kappa shape index (κ2) is 10.2. The molecular weight excluding hydrogens is 437 g/mol. The molecule has 0 aliphatic carbocycles. The summed E-state index contributed by atoms with van der Waals surface area (Å²) >= 11 is 0. The minimum absolute atomic E-state index is 0.0287. The molecule has 7 nitrogen and oxygen atoms in total. The monoisotopic (exact) mass is 461 g/mol. The van der Waals surface area contributed by atoms with E-state index in [0.717, 1.165) is 0 Å². The highest BCUT2D eigenvalue weighted by atomic mass is 19.1. The highest BCUT2D eigenvalue weighted by molar-refractivity contribution is 6.46. The predicted octanol–water partition coefficient (Wildman–Crippen LogP) is 4.10. The molecule has 0 unspecified atom stereocenters. The second-order valence-corrected chi connectivity index (χ2v) is 7.82. The van der Waals surface area contributed by atoms with E-state index in [-0.39, 0.29) is 16.9 Å². The molecule has 1 atom stereocenters. The summed E-state index contributed by atoms with van der Waals surface area (Å²) in [5, 5.41) is 11.0. The Bertz CT molecular complexity index is 1200. The molecular formula is C26H24FN3O4. The Labute approximate surface area is 196 Å². The molecule has 0 radical (unpaired) electrons. The smallest absolute Gasteiger partial charge is 0.295 e. The summed E-state index contributed by atoms with van der Waals surface area (Å²) in [6, 6.07) is 11.3. The molecule has 2 heterocycles. The first-order chi connectivity index (χ1) is 16.5. The molecule has 1 aliphatic rings. The van der Waals surface area contributed by atoms with Crippen molar-refractivity contribution in [2.24, 2.45) is 0 Å². The van der Waals surface area contributed by atoms with Gasteiger partial charge in [-0.3, -0.25) is 9.59 Å². The fourth-order valence-corrected chi connectivity index (χ4v) is 3.96. The highest BCUT2D eigenvalue weighted by Gasteiger charge is 2.45. The Kier molecular flexibility index (Phi) is 6.87. The third-order valence-electron chi connectivity index (χ3n) is 5.60. The first kappa shape index (κ1) is 23.0. The molecule has 1 fully saturated rings. The molecule has 0 saturated carbocycles. The fourth-order valence-electron chi connectivity index (χ4n) is 3.96. The Balaban J connectivity index is 1.70. The predicted molar refractivity (Wildman–Crippen MR) is 124 cm³/mol. The van der Waals surface area contributed by atoms with Crippen LogP contribution in [0.2, 0.25) is 0 Å². The molecule has 0 spiro atoms. The van der Waals surface area contributed by atoms with Crippen LogP contribution in [-0.4, -0.2) is 44.4 Å². The van der Waals surface area contributed by atoms with Gasteiger partial charge in [-0.05, 0) is 48.4 Å². The van der Waals surface area contributed by atoms with Crippen LogP contribution in [0.1, 0.15) is 23.6 Å². The van der Waals surface area contributed by atoms with Crippen LogP contribution in [0.5, 0.6) is 5.75 Å². The normalized spacial score (nSPS) is 17.2. The Hall–Kier alpha value is -4.20. The van der Waals surface area contributed by atoms with E-state index >= 15 is 0 Å². The van der Waals surface area contributed by atoms with Crippen LogP contribution in [0.3, 0.4) is 0 Å². The Morgan fingerprint density at radius 2 is 1.85 bits per heavy atom. The van der Waals surface area contributed by atoms with Gasteiger partial charge in [0.15, 0.2) is 0 Å². The molecule has 1 aromatic heterocycles. The van der Waals surface area contributed by atoms with Gasteiger partial charge in [0.05, 0.1) is 17.9 Å². The standard InChI is InChI=1S/C26H24FN3O4/c1-2-16-34-21-10-6-18(7-11-21)23-22(24(31)19-4-8-20(27)9-5-19)25(32)26(33)30(23)14-3-13-29-15-12-28-17-29/h2,4-12,15,17,23,31H,1,3,13-14,16H2/b24-22+/t23-/m1/s1. The summed E-state index contributed by atoms with van der Waals surface area (Å²) in [7, 11) is 0. The maximum absolute atomic E-state index is 13.4. The van der Waals surface area contributed by atoms with Crippen LogP contribution in [-0.2, 0) is 16.1 Å². The number of ether oxygens (including phenoxy) is 1. The van der Waals surface area contributed by atoms with E-state index in [0.29, 0.717) is 37.4 Å². The third-order valence-corrected chi connectivity index (χ3v) is 5.60. The minimum atomic E-state index is -0.790. The van der Waals surface area contributed by atoms with E-state index in [1.54, 1.807) is 42.9 Å². The number of nitrogens with zero attached hydrogens (tertiary/aromatic N) is 3. The van der Waals surface area contributed by atoms with Crippen LogP contribution in [0.15, 0.2) is 85.5 Å². The highest BCUT2D eigenvalue weighted by Crippen LogP contribution is 2.40. The van der Waals surface area contributed by atoms with Crippen molar-refractivity contribution in [3.63, 3.8) is 0 Å². The number of hydrogen-bond donors (Lipinski definition) is 1. The van der Waals surface area contributed by atoms with Crippen molar-refractivity contribution in [3.8, 4) is 5.75 Å². The molecule has 0 bridgehead atoms. The number of amides is 1. The molecule has 1 N–H and O–H groups in total. The lowest BCUT2D eigenvalue weighted by atomic mass is 9.95. The molecule has 2 aromatic carbocycles. The van der Waals surface area contributed by atoms with Crippen molar-refractivity contribution in [1.29, 1.82) is 0 Å². The number of carbonyl (C=O) groups excluding carboxylic acids is 2. The number of aromatic nitrogens is 2. The van der Waals surface area contributed by atoms with Crippen LogP contribution in [0, 0.1) is 5.82 Å². The molecule has 4 rings (SSSR count). The zero-order chi connectivity index (χ0) is 24.1. The first-order valence-corrected chi connectivity index (χ1v) is 10.8. The summed E-state index contributed by atoms with van der Waals surface area (Å²) in [5.41, 5.74) is 0.879. The average molecular weight is 461 g/mol. The van der Waals surface area contributed by atoms with Gasteiger partial charge in [-0.2, -0.15) is 0 Å². The van der Waals surface area contributed by atoms with Gasteiger partial charge in [0, 0.05) is 31.0 Å². The van der Waals surface area contributed by atoms with E-state index in [1.165, 1.54) is 29.2 Å². The summed E-state index contributed by atoms with van der Waals surface area (Å²) in [4.78, 5) is 31.5. The van der Waals surface area contributed by atoms with Gasteiger partial charge in [0.1, 0.15) is 23.9 Å². The van der Waals surface area contributed by atoms with Crippen molar-refractivity contribution >= 4 is 17.4 Å².